The number of benzene rings is 2. The largest absolute Gasteiger partial charge is 0.417 e. The molecule has 0 saturated carbocycles. The number of carbonyl (C=O) groups excluding carboxylic acids is 2. The highest BCUT2D eigenvalue weighted by molar-refractivity contribution is 7.80. The maximum Gasteiger partial charge on any atom is 0.417 e. The second-order valence-electron chi connectivity index (χ2n) is 23.0. The number of thiocarbonyl (C=S) groups is 2. The lowest BCUT2D eigenvalue weighted by atomic mass is 9.99. The smallest absolute Gasteiger partial charge is 0.393 e. The molecule has 2 aromatic rings. The fourth-order valence-corrected chi connectivity index (χ4v) is 13.8. The van der Waals surface area contributed by atoms with E-state index in [-0.39, 0.29) is 45.6 Å². The lowest BCUT2D eigenvalue weighted by Crippen LogP contribution is -2.44. The van der Waals surface area contributed by atoms with E-state index in [4.69, 9.17) is 35.0 Å². The summed E-state index contributed by atoms with van der Waals surface area (Å²) in [5, 5.41) is 38.5. The highest BCUT2D eigenvalue weighted by Gasteiger charge is 2.51. The van der Waals surface area contributed by atoms with Crippen LogP contribution in [0.2, 0.25) is 0 Å². The number of nitrogens with zero attached hydrogens (tertiary/aromatic N) is 8. The van der Waals surface area contributed by atoms with Crippen LogP contribution in [0.4, 0.5) is 37.7 Å². The molecule has 0 spiro atoms. The summed E-state index contributed by atoms with van der Waals surface area (Å²) in [6.45, 7) is 10.3. The molecule has 4 atom stereocenters. The summed E-state index contributed by atoms with van der Waals surface area (Å²) in [5.41, 5.74) is -5.00. The van der Waals surface area contributed by atoms with E-state index < -0.39 is 45.7 Å². The second kappa shape index (κ2) is 25.3. The molecule has 0 aliphatic carbocycles. The number of hydrogen-bond acceptors (Lipinski definition) is 10. The van der Waals surface area contributed by atoms with E-state index in [1.165, 1.54) is 79.7 Å². The van der Waals surface area contributed by atoms with E-state index in [1.807, 2.05) is 0 Å². The Morgan fingerprint density at radius 2 is 0.805 bits per heavy atom. The molecule has 0 radical (unpaired) electrons. The van der Waals surface area contributed by atoms with E-state index in [9.17, 15) is 46.1 Å². The van der Waals surface area contributed by atoms with Crippen molar-refractivity contribution in [2.45, 2.75) is 222 Å². The molecule has 0 aromatic heterocycles. The Morgan fingerprint density at radius 1 is 0.519 bits per heavy atom. The Bertz CT molecular complexity index is 2500. The van der Waals surface area contributed by atoms with E-state index in [2.05, 4.69) is 9.80 Å². The van der Waals surface area contributed by atoms with Gasteiger partial charge in [0, 0.05) is 37.3 Å². The van der Waals surface area contributed by atoms with Crippen molar-refractivity contribution in [1.29, 1.82) is 10.5 Å². The number of aliphatic hydroxyl groups is 2. The number of nitriles is 2. The number of alkyl halides is 6. The predicted molar refractivity (Wildman–Crippen MR) is 292 cm³/mol. The van der Waals surface area contributed by atoms with Gasteiger partial charge in [0.1, 0.15) is 11.1 Å². The van der Waals surface area contributed by atoms with Gasteiger partial charge in [-0.3, -0.25) is 29.2 Å². The van der Waals surface area contributed by atoms with Gasteiger partial charge in [0.2, 0.25) is 0 Å². The Morgan fingerprint density at radius 3 is 1.09 bits per heavy atom. The molecule has 6 aliphatic rings. The number of halogens is 6. The lowest BCUT2D eigenvalue weighted by Gasteiger charge is -2.37. The van der Waals surface area contributed by atoms with Crippen molar-refractivity contribution in [2.24, 2.45) is 0 Å². The number of carbonyl (C=O) groups is 2. The van der Waals surface area contributed by atoms with Gasteiger partial charge in [-0.1, -0.05) is 57.8 Å². The molecule has 6 aliphatic heterocycles. The third-order valence-corrected chi connectivity index (χ3v) is 17.9. The summed E-state index contributed by atoms with van der Waals surface area (Å²) in [5.74, 6) is -0.749. The van der Waals surface area contributed by atoms with Gasteiger partial charge in [-0.25, -0.2) is 0 Å². The fraction of sp³-hybridized carbons (Fsp3) is 0.684. The summed E-state index contributed by atoms with van der Waals surface area (Å²) in [4.78, 5) is 37.6. The first-order chi connectivity index (χ1) is 36.4. The van der Waals surface area contributed by atoms with Crippen LogP contribution in [-0.4, -0.2) is 125 Å². The van der Waals surface area contributed by atoms with Crippen molar-refractivity contribution in [3.63, 3.8) is 0 Å². The standard InChI is InChI=1S/C29H39F3N4O2S.C28H37F3N4O2S/c1-28(2)26(38)36(23-11-10-20(19-33)25(18-23)29(30,31)32)27(39)35(28)15-9-7-5-3-4-6-8-14-34-21-12-13-22(34)17-24(37)16-21;1-27(2)25(37)35(22-10-9-19(18-32)24(17-22)28(29,30)31)26(38)34(27)14-8-6-4-3-5-7-13-33-20-11-12-21(33)16-23(36)15-20/h10-11,18,21-22,24,37H,3-9,12-17H2,1-2H3;9-10,17,20-21,23,36H,3-8,11-16H2,1-2H3. The first-order valence-electron chi connectivity index (χ1n) is 27.8. The van der Waals surface area contributed by atoms with Crippen LogP contribution >= 0.6 is 24.4 Å². The average molecular weight is 1120 g/mol. The third kappa shape index (κ3) is 13.8. The number of fused-ring (bicyclic) bond motifs is 4. The van der Waals surface area contributed by atoms with Gasteiger partial charge in [-0.05, 0) is 179 Å². The minimum absolute atomic E-state index is 0.0264. The van der Waals surface area contributed by atoms with Crippen molar-refractivity contribution >= 4 is 57.8 Å². The SMILES string of the molecule is CC1(C)C(=O)N(c2ccc(C#N)c(C(F)(F)F)c2)C(=S)N1CCCCCCCCCN1C2CCC1CC(O)C2.CC1(C)C(=O)N(c2ccc(C#N)c(C(F)(F)F)c2)C(=S)N1CCCCCCCCN1C2CCC1CC(O)C2. The average Bonchev–Trinajstić information content (AvgIpc) is 3.96. The maximum absolute atomic E-state index is 13.5. The zero-order valence-corrected chi connectivity index (χ0v) is 46.6. The van der Waals surface area contributed by atoms with Gasteiger partial charge in [0.25, 0.3) is 11.8 Å². The van der Waals surface area contributed by atoms with Gasteiger partial charge in [-0.2, -0.15) is 36.9 Å². The van der Waals surface area contributed by atoms with Gasteiger partial charge >= 0.3 is 12.4 Å². The number of anilines is 2. The van der Waals surface area contributed by atoms with E-state index in [0.717, 1.165) is 114 Å². The van der Waals surface area contributed by atoms with Crippen LogP contribution in [0.3, 0.4) is 0 Å². The van der Waals surface area contributed by atoms with Crippen LogP contribution in [0, 0.1) is 22.7 Å². The van der Waals surface area contributed by atoms with Crippen LogP contribution in [-0.2, 0) is 21.9 Å². The zero-order chi connectivity index (χ0) is 56.0. The van der Waals surface area contributed by atoms with Crippen LogP contribution in [0.25, 0.3) is 0 Å². The molecule has 8 rings (SSSR count). The molecule has 6 heterocycles. The molecule has 6 fully saturated rings. The van der Waals surface area contributed by atoms with Crippen molar-refractivity contribution in [3.8, 4) is 12.1 Å². The Kier molecular flexibility index (Phi) is 19.8. The highest BCUT2D eigenvalue weighted by atomic mass is 32.1. The molecule has 77 heavy (non-hydrogen) atoms. The molecule has 422 valence electrons. The number of piperidine rings is 2. The van der Waals surface area contributed by atoms with Crippen molar-refractivity contribution in [3.05, 3.63) is 58.7 Å². The van der Waals surface area contributed by atoms with Crippen molar-refractivity contribution in [1.82, 2.24) is 19.6 Å². The fourth-order valence-electron chi connectivity index (χ4n) is 12.8. The van der Waals surface area contributed by atoms with Crippen molar-refractivity contribution in [2.75, 3.05) is 36.0 Å². The molecule has 4 unspecified atom stereocenters. The Labute approximate surface area is 461 Å². The Hall–Kier alpha value is -4.44. The number of rotatable bonds is 21. The molecule has 20 heteroatoms. The molecular formula is C57H76F6N8O4S2. The van der Waals surface area contributed by atoms with Gasteiger partial charge in [-0.15, -0.1) is 0 Å². The zero-order valence-electron chi connectivity index (χ0n) is 45.0. The van der Waals surface area contributed by atoms with Crippen LogP contribution in [0.15, 0.2) is 36.4 Å². The Balaban J connectivity index is 0.000000224. The lowest BCUT2D eigenvalue weighted by molar-refractivity contribution is -0.138. The van der Waals surface area contributed by atoms with E-state index in [1.54, 1.807) is 49.6 Å². The minimum atomic E-state index is -4.71. The molecule has 4 bridgehead atoms. The highest BCUT2D eigenvalue weighted by Crippen LogP contribution is 2.41. The minimum Gasteiger partial charge on any atom is -0.393 e. The van der Waals surface area contributed by atoms with Crippen LogP contribution in [0.5, 0.6) is 0 Å². The third-order valence-electron chi connectivity index (χ3n) is 17.1. The number of aliphatic hydroxyl groups excluding tert-OH is 2. The van der Waals surface area contributed by atoms with Gasteiger partial charge in [0.15, 0.2) is 10.2 Å². The van der Waals surface area contributed by atoms with Crippen LogP contribution in [0.1, 0.15) is 185 Å². The van der Waals surface area contributed by atoms with Crippen LogP contribution < -0.4 is 9.80 Å². The van der Waals surface area contributed by atoms with Gasteiger partial charge in [0.05, 0.1) is 58.0 Å². The number of hydrogen-bond donors (Lipinski definition) is 2. The summed E-state index contributed by atoms with van der Waals surface area (Å²) < 4.78 is 80.9. The number of amides is 2. The molecule has 2 aromatic carbocycles. The molecule has 6 saturated heterocycles. The maximum atomic E-state index is 13.5. The monoisotopic (exact) mass is 1110 g/mol. The molecule has 2 amide bonds. The molecular weight excluding hydrogens is 1040 g/mol. The molecule has 2 N–H and O–H groups in total. The summed E-state index contributed by atoms with van der Waals surface area (Å²) in [7, 11) is 0. The predicted octanol–water partition coefficient (Wildman–Crippen LogP) is 11.6. The normalized spacial score (nSPS) is 25.2. The van der Waals surface area contributed by atoms with Gasteiger partial charge < -0.3 is 20.0 Å². The number of unbranched alkanes of at least 4 members (excludes halogenated alkanes) is 11. The summed E-state index contributed by atoms with van der Waals surface area (Å²) in [6.07, 6.45) is 12.9. The molecule has 12 nitrogen and oxygen atoms in total. The van der Waals surface area contributed by atoms with E-state index in [0.29, 0.717) is 37.3 Å². The second-order valence-corrected chi connectivity index (χ2v) is 23.8. The summed E-state index contributed by atoms with van der Waals surface area (Å²) >= 11 is 11.1. The first kappa shape index (κ1) is 60.2. The first-order valence-corrected chi connectivity index (χ1v) is 28.6. The quantitative estimate of drug-likeness (QED) is 0.0698. The van der Waals surface area contributed by atoms with E-state index >= 15 is 0 Å². The summed E-state index contributed by atoms with van der Waals surface area (Å²) in [6, 6.07) is 11.9. The van der Waals surface area contributed by atoms with Crippen molar-refractivity contribution < 1.29 is 46.1 Å². The topological polar surface area (TPSA) is 142 Å².